The zero-order valence-electron chi connectivity index (χ0n) is 18.3. The number of aromatic nitrogens is 2. The van der Waals surface area contributed by atoms with Gasteiger partial charge in [0.15, 0.2) is 0 Å². The van der Waals surface area contributed by atoms with Crippen LogP contribution in [0.1, 0.15) is 30.9 Å². The molecule has 32 heavy (non-hydrogen) atoms. The van der Waals surface area contributed by atoms with E-state index in [1.807, 2.05) is 35.0 Å². The van der Waals surface area contributed by atoms with Gasteiger partial charge in [-0.15, -0.1) is 11.0 Å². The van der Waals surface area contributed by atoms with Crippen molar-refractivity contribution < 1.29 is 25.0 Å². The molecular weight excluding hydrogens is 410 g/mol. The average molecular weight is 440 g/mol. The Kier molecular flexibility index (Phi) is 9.99. The first-order valence-corrected chi connectivity index (χ1v) is 10.7. The first-order chi connectivity index (χ1) is 15.8. The molecule has 1 aliphatic heterocycles. The Morgan fingerprint density at radius 3 is 2.75 bits per heavy atom. The lowest BCUT2D eigenvalue weighted by Gasteiger charge is -2.28. The standard InChI is InChI=1S/C20H23N3O.C4H6O4/c1-2-8-18-16-22(13-10-17(18)7-1)11-5-6-14-24-20-15-19-9-3-4-12-23(19)21-20;1-2-3-4-6-8-7-5/h1-4,7-9,12,15H,5-6,10-11,13-14,16H2;5H,4H2,1H3. The van der Waals surface area contributed by atoms with Crippen LogP contribution in [-0.2, 0) is 27.9 Å². The Hall–Kier alpha value is -2.93. The van der Waals surface area contributed by atoms with Crippen LogP contribution in [-0.4, -0.2) is 46.1 Å². The van der Waals surface area contributed by atoms with E-state index in [-0.39, 0.29) is 6.61 Å². The van der Waals surface area contributed by atoms with Crippen molar-refractivity contribution in [2.75, 3.05) is 26.3 Å². The van der Waals surface area contributed by atoms with E-state index in [4.69, 9.17) is 9.99 Å². The molecule has 0 spiro atoms. The number of hydrogen-bond donors (Lipinski definition) is 1. The van der Waals surface area contributed by atoms with Crippen LogP contribution in [0, 0.1) is 11.8 Å². The lowest BCUT2D eigenvalue weighted by atomic mass is 10.00. The van der Waals surface area contributed by atoms with Crippen LogP contribution in [0.4, 0.5) is 0 Å². The maximum atomic E-state index is 7.47. The second kappa shape index (κ2) is 13.5. The Morgan fingerprint density at radius 2 is 1.94 bits per heavy atom. The molecule has 0 radical (unpaired) electrons. The van der Waals surface area contributed by atoms with E-state index in [0.717, 1.165) is 38.1 Å². The van der Waals surface area contributed by atoms with E-state index in [1.54, 1.807) is 6.92 Å². The van der Waals surface area contributed by atoms with E-state index in [2.05, 4.69) is 61.1 Å². The third-order valence-corrected chi connectivity index (χ3v) is 5.06. The second-order valence-electron chi connectivity index (χ2n) is 7.23. The van der Waals surface area contributed by atoms with Crippen LogP contribution in [0.25, 0.3) is 5.52 Å². The van der Waals surface area contributed by atoms with Gasteiger partial charge >= 0.3 is 0 Å². The summed E-state index contributed by atoms with van der Waals surface area (Å²) in [5.41, 5.74) is 4.08. The molecule has 0 amide bonds. The van der Waals surface area contributed by atoms with Gasteiger partial charge in [0.1, 0.15) is 6.61 Å². The lowest BCUT2D eigenvalue weighted by Crippen LogP contribution is -2.31. The number of ether oxygens (including phenoxy) is 1. The minimum atomic E-state index is 0.0804. The van der Waals surface area contributed by atoms with E-state index >= 15 is 0 Å². The molecule has 1 N–H and O–H groups in total. The fraction of sp³-hybridized carbons (Fsp3) is 0.375. The summed E-state index contributed by atoms with van der Waals surface area (Å²) in [6.45, 7) is 5.87. The molecule has 3 heterocycles. The number of hydrogen-bond acceptors (Lipinski definition) is 7. The van der Waals surface area contributed by atoms with Crippen molar-refractivity contribution in [1.82, 2.24) is 14.5 Å². The Balaban J connectivity index is 0.000000312. The molecule has 0 aliphatic carbocycles. The quantitative estimate of drug-likeness (QED) is 0.234. The fourth-order valence-electron chi connectivity index (χ4n) is 3.49. The third kappa shape index (κ3) is 7.64. The van der Waals surface area contributed by atoms with E-state index in [0.29, 0.717) is 5.88 Å². The Bertz CT molecular complexity index is 978. The SMILES string of the molecule is CC#CCOOOO.c1ccc2c(c1)CCN(CCCCOc1cc3ccccn3n1)C2. The Morgan fingerprint density at radius 1 is 1.09 bits per heavy atom. The number of fused-ring (bicyclic) bond motifs is 2. The van der Waals surface area contributed by atoms with Crippen LogP contribution in [0.3, 0.4) is 0 Å². The third-order valence-electron chi connectivity index (χ3n) is 5.06. The van der Waals surface area contributed by atoms with Crippen molar-refractivity contribution in [2.24, 2.45) is 0 Å². The molecule has 1 aliphatic rings. The first kappa shape index (κ1) is 23.7. The van der Waals surface area contributed by atoms with Gasteiger partial charge in [0.25, 0.3) is 0 Å². The topological polar surface area (TPSA) is 77.7 Å². The predicted octanol–water partition coefficient (Wildman–Crippen LogP) is 3.91. The minimum absolute atomic E-state index is 0.0804. The number of pyridine rings is 1. The van der Waals surface area contributed by atoms with Crippen molar-refractivity contribution in [3.05, 3.63) is 65.9 Å². The highest BCUT2D eigenvalue weighted by Crippen LogP contribution is 2.19. The van der Waals surface area contributed by atoms with Crippen LogP contribution in [0.2, 0.25) is 0 Å². The zero-order valence-corrected chi connectivity index (χ0v) is 18.3. The molecule has 170 valence electrons. The zero-order chi connectivity index (χ0) is 22.4. The number of unbranched alkanes of at least 4 members (excludes halogenated alkanes) is 1. The van der Waals surface area contributed by atoms with Crippen LogP contribution in [0.15, 0.2) is 54.7 Å². The van der Waals surface area contributed by atoms with Crippen molar-refractivity contribution >= 4 is 5.52 Å². The van der Waals surface area contributed by atoms with E-state index in [1.165, 1.54) is 24.1 Å². The van der Waals surface area contributed by atoms with Crippen LogP contribution >= 0.6 is 0 Å². The monoisotopic (exact) mass is 439 g/mol. The molecule has 8 nitrogen and oxygen atoms in total. The van der Waals surface area contributed by atoms with Crippen molar-refractivity contribution in [3.63, 3.8) is 0 Å². The van der Waals surface area contributed by atoms with Gasteiger partial charge in [-0.25, -0.2) is 9.77 Å². The van der Waals surface area contributed by atoms with Gasteiger partial charge in [0.2, 0.25) is 5.88 Å². The number of rotatable bonds is 9. The molecule has 1 aromatic carbocycles. The summed E-state index contributed by atoms with van der Waals surface area (Å²) < 4.78 is 7.63. The van der Waals surface area contributed by atoms with Crippen molar-refractivity contribution in [3.8, 4) is 17.7 Å². The molecule has 0 saturated carbocycles. The normalized spacial score (nSPS) is 12.9. The number of nitrogens with zero attached hydrogens (tertiary/aromatic N) is 3. The molecule has 0 saturated heterocycles. The molecule has 0 fully saturated rings. The molecule has 4 rings (SSSR count). The summed E-state index contributed by atoms with van der Waals surface area (Å²) in [5.74, 6) is 5.74. The molecule has 8 heteroatoms. The fourth-order valence-corrected chi connectivity index (χ4v) is 3.49. The highest BCUT2D eigenvalue weighted by molar-refractivity contribution is 5.48. The second-order valence-corrected chi connectivity index (χ2v) is 7.23. The average Bonchev–Trinajstić information content (AvgIpc) is 3.25. The van der Waals surface area contributed by atoms with Gasteiger partial charge in [0.05, 0.1) is 12.1 Å². The van der Waals surface area contributed by atoms with Gasteiger partial charge in [-0.05, 0) is 66.1 Å². The maximum Gasteiger partial charge on any atom is 0.233 e. The van der Waals surface area contributed by atoms with Crippen molar-refractivity contribution in [2.45, 2.75) is 32.7 Å². The minimum Gasteiger partial charge on any atom is -0.477 e. The maximum absolute atomic E-state index is 7.47. The molecule has 0 bridgehead atoms. The smallest absolute Gasteiger partial charge is 0.233 e. The highest BCUT2D eigenvalue weighted by Gasteiger charge is 2.14. The molecule has 0 unspecified atom stereocenters. The summed E-state index contributed by atoms with van der Waals surface area (Å²) in [4.78, 5) is 6.63. The largest absolute Gasteiger partial charge is 0.477 e. The van der Waals surface area contributed by atoms with Crippen molar-refractivity contribution in [1.29, 1.82) is 0 Å². The number of benzene rings is 1. The molecular formula is C24H29N3O5. The molecule has 2 aromatic heterocycles. The predicted molar refractivity (Wildman–Crippen MR) is 120 cm³/mol. The summed E-state index contributed by atoms with van der Waals surface area (Å²) >= 11 is 0. The summed E-state index contributed by atoms with van der Waals surface area (Å²) in [5, 5.41) is 18.6. The van der Waals surface area contributed by atoms with Crippen LogP contribution in [0.5, 0.6) is 5.88 Å². The Labute approximate surface area is 188 Å². The summed E-state index contributed by atoms with van der Waals surface area (Å²) in [6, 6.07) is 16.8. The van der Waals surface area contributed by atoms with Gasteiger partial charge < -0.3 is 4.74 Å². The van der Waals surface area contributed by atoms with E-state index in [9.17, 15) is 0 Å². The lowest BCUT2D eigenvalue weighted by molar-refractivity contribution is -0.620. The van der Waals surface area contributed by atoms with Gasteiger partial charge in [-0.1, -0.05) is 36.3 Å². The van der Waals surface area contributed by atoms with Gasteiger partial charge in [0, 0.05) is 25.4 Å². The van der Waals surface area contributed by atoms with Gasteiger partial charge in [-0.3, -0.25) is 4.90 Å². The van der Waals surface area contributed by atoms with E-state index < -0.39 is 0 Å². The molecule has 3 aromatic rings. The molecule has 0 atom stereocenters. The highest BCUT2D eigenvalue weighted by atomic mass is 17.6. The van der Waals surface area contributed by atoms with Crippen LogP contribution < -0.4 is 4.74 Å². The van der Waals surface area contributed by atoms with Gasteiger partial charge in [-0.2, -0.15) is 4.89 Å². The summed E-state index contributed by atoms with van der Waals surface area (Å²) in [7, 11) is 0. The summed E-state index contributed by atoms with van der Waals surface area (Å²) in [6.07, 6.45) is 5.34. The first-order valence-electron chi connectivity index (χ1n) is 10.7.